The second-order valence-electron chi connectivity index (χ2n) is 5.28. The molecule has 1 saturated carbocycles. The van der Waals surface area contributed by atoms with E-state index in [1.54, 1.807) is 11.3 Å². The number of hydrogen-bond acceptors (Lipinski definition) is 4. The van der Waals surface area contributed by atoms with Gasteiger partial charge >= 0.3 is 0 Å². The van der Waals surface area contributed by atoms with Crippen molar-refractivity contribution in [2.45, 2.75) is 45.4 Å². The number of benzene rings is 1. The smallest absolute Gasteiger partial charge is 0.131 e. The first kappa shape index (κ1) is 15.0. The van der Waals surface area contributed by atoms with Crippen molar-refractivity contribution in [1.82, 2.24) is 10.3 Å². The molecule has 5 heteroatoms. The summed E-state index contributed by atoms with van der Waals surface area (Å²) in [5.41, 5.74) is 2.25. The van der Waals surface area contributed by atoms with Gasteiger partial charge in [0.25, 0.3) is 0 Å². The average molecular weight is 367 g/mol. The summed E-state index contributed by atoms with van der Waals surface area (Å²) in [5.74, 6) is 0.900. The minimum atomic E-state index is 0.535. The summed E-state index contributed by atoms with van der Waals surface area (Å²) >= 11 is 5.30. The molecular formula is C16H19BrN2OS. The summed E-state index contributed by atoms with van der Waals surface area (Å²) in [7, 11) is 0. The lowest BCUT2D eigenvalue weighted by Crippen LogP contribution is -2.15. The number of hydrogen-bond donors (Lipinski definition) is 1. The van der Waals surface area contributed by atoms with Gasteiger partial charge in [0.05, 0.1) is 10.7 Å². The largest absolute Gasteiger partial charge is 0.487 e. The van der Waals surface area contributed by atoms with Crippen LogP contribution in [0.4, 0.5) is 0 Å². The van der Waals surface area contributed by atoms with E-state index in [-0.39, 0.29) is 0 Å². The van der Waals surface area contributed by atoms with Gasteiger partial charge < -0.3 is 10.1 Å². The summed E-state index contributed by atoms with van der Waals surface area (Å²) in [6, 6.07) is 6.87. The highest BCUT2D eigenvalue weighted by Crippen LogP contribution is 2.25. The van der Waals surface area contributed by atoms with Gasteiger partial charge in [0, 0.05) is 22.4 Å². The third-order valence-electron chi connectivity index (χ3n) is 3.46. The Morgan fingerprint density at radius 1 is 1.43 bits per heavy atom. The maximum Gasteiger partial charge on any atom is 0.131 e. The van der Waals surface area contributed by atoms with E-state index in [1.807, 2.05) is 6.07 Å². The fraction of sp³-hybridized carbons (Fsp3) is 0.438. The third-order valence-corrected chi connectivity index (χ3v) is 5.28. The van der Waals surface area contributed by atoms with E-state index in [2.05, 4.69) is 50.7 Å². The van der Waals surface area contributed by atoms with Crippen LogP contribution in [0, 0.1) is 0 Å². The van der Waals surface area contributed by atoms with Crippen LogP contribution in [0.3, 0.4) is 0 Å². The SMILES string of the molecule is CCc1nc(COc2ccc(Br)c(CNC3CC3)c2)cs1. The summed E-state index contributed by atoms with van der Waals surface area (Å²) in [6.45, 7) is 3.55. The molecule has 112 valence electrons. The Labute approximate surface area is 137 Å². The molecule has 0 unspecified atom stereocenters. The molecule has 3 rings (SSSR count). The van der Waals surface area contributed by atoms with Crippen LogP contribution >= 0.6 is 27.3 Å². The molecule has 3 nitrogen and oxygen atoms in total. The van der Waals surface area contributed by atoms with Gasteiger partial charge in [-0.1, -0.05) is 22.9 Å². The zero-order valence-electron chi connectivity index (χ0n) is 12.1. The molecule has 0 radical (unpaired) electrons. The van der Waals surface area contributed by atoms with Crippen LogP contribution in [0.25, 0.3) is 0 Å². The standard InChI is InChI=1S/C16H19BrN2OS/c1-2-16-19-13(10-21-16)9-20-14-5-6-15(17)11(7-14)8-18-12-3-4-12/h5-7,10,12,18H,2-4,8-9H2,1H3. The Hall–Kier alpha value is -0.910. The van der Waals surface area contributed by atoms with E-state index in [9.17, 15) is 0 Å². The van der Waals surface area contributed by atoms with Crippen molar-refractivity contribution in [3.63, 3.8) is 0 Å². The summed E-state index contributed by atoms with van der Waals surface area (Å²) in [4.78, 5) is 4.52. The topological polar surface area (TPSA) is 34.1 Å². The number of nitrogens with zero attached hydrogens (tertiary/aromatic N) is 1. The van der Waals surface area contributed by atoms with Crippen molar-refractivity contribution in [2.24, 2.45) is 0 Å². The quantitative estimate of drug-likeness (QED) is 0.792. The second-order valence-corrected chi connectivity index (χ2v) is 7.08. The van der Waals surface area contributed by atoms with Crippen LogP contribution in [0.1, 0.15) is 36.0 Å². The zero-order valence-corrected chi connectivity index (χ0v) is 14.5. The maximum absolute atomic E-state index is 5.86. The molecule has 1 heterocycles. The monoisotopic (exact) mass is 366 g/mol. The van der Waals surface area contributed by atoms with Crippen molar-refractivity contribution in [2.75, 3.05) is 0 Å². The zero-order chi connectivity index (χ0) is 14.7. The molecule has 0 bridgehead atoms. The minimum Gasteiger partial charge on any atom is -0.487 e. The number of nitrogens with one attached hydrogen (secondary N) is 1. The number of aryl methyl sites for hydroxylation is 1. The summed E-state index contributed by atoms with van der Waals surface area (Å²) < 4.78 is 6.99. The first-order chi connectivity index (χ1) is 10.2. The van der Waals surface area contributed by atoms with Crippen molar-refractivity contribution in [3.8, 4) is 5.75 Å². The lowest BCUT2D eigenvalue weighted by atomic mass is 10.2. The Balaban J connectivity index is 1.60. The Kier molecular flexibility index (Phi) is 4.93. The lowest BCUT2D eigenvalue weighted by Gasteiger charge is -2.10. The number of thiazole rings is 1. The molecule has 1 aliphatic rings. The van der Waals surface area contributed by atoms with Gasteiger partial charge in [0.1, 0.15) is 12.4 Å². The van der Waals surface area contributed by atoms with Gasteiger partial charge in [0.2, 0.25) is 0 Å². The molecule has 1 N–H and O–H groups in total. The summed E-state index contributed by atoms with van der Waals surface area (Å²) in [6.07, 6.45) is 3.59. The molecule has 0 spiro atoms. The van der Waals surface area contributed by atoms with Gasteiger partial charge in [0.15, 0.2) is 0 Å². The maximum atomic E-state index is 5.86. The van der Waals surface area contributed by atoms with Gasteiger partial charge in [-0.15, -0.1) is 11.3 Å². The van der Waals surface area contributed by atoms with E-state index in [4.69, 9.17) is 4.74 Å². The molecule has 21 heavy (non-hydrogen) atoms. The molecular weight excluding hydrogens is 348 g/mol. The molecule has 1 aromatic heterocycles. The van der Waals surface area contributed by atoms with Crippen LogP contribution in [-0.4, -0.2) is 11.0 Å². The molecule has 2 aromatic rings. The van der Waals surface area contributed by atoms with E-state index >= 15 is 0 Å². The number of ether oxygens (including phenoxy) is 1. The highest BCUT2D eigenvalue weighted by molar-refractivity contribution is 9.10. The van der Waals surface area contributed by atoms with Crippen LogP contribution in [-0.2, 0) is 19.6 Å². The second kappa shape index (κ2) is 6.90. The van der Waals surface area contributed by atoms with Gasteiger partial charge in [-0.05, 0) is 43.0 Å². The van der Waals surface area contributed by atoms with Crippen LogP contribution in [0.2, 0.25) is 0 Å². The van der Waals surface area contributed by atoms with E-state index in [0.29, 0.717) is 12.6 Å². The minimum absolute atomic E-state index is 0.535. The fourth-order valence-electron chi connectivity index (χ4n) is 2.05. The van der Waals surface area contributed by atoms with Gasteiger partial charge in [-0.25, -0.2) is 4.98 Å². The van der Waals surface area contributed by atoms with Gasteiger partial charge in [-0.2, -0.15) is 0 Å². The first-order valence-electron chi connectivity index (χ1n) is 7.32. The van der Waals surface area contributed by atoms with Crippen molar-refractivity contribution < 1.29 is 4.74 Å². The fourth-order valence-corrected chi connectivity index (χ4v) is 3.17. The predicted molar refractivity (Wildman–Crippen MR) is 89.8 cm³/mol. The molecule has 0 aliphatic heterocycles. The molecule has 1 fully saturated rings. The highest BCUT2D eigenvalue weighted by Gasteiger charge is 2.20. The van der Waals surface area contributed by atoms with Crippen molar-refractivity contribution in [3.05, 3.63) is 44.3 Å². The van der Waals surface area contributed by atoms with E-state index < -0.39 is 0 Å². The highest BCUT2D eigenvalue weighted by atomic mass is 79.9. The Morgan fingerprint density at radius 2 is 2.29 bits per heavy atom. The Morgan fingerprint density at radius 3 is 3.00 bits per heavy atom. The van der Waals surface area contributed by atoms with E-state index in [1.165, 1.54) is 23.4 Å². The molecule has 1 aliphatic carbocycles. The predicted octanol–water partition coefficient (Wildman–Crippen LogP) is 4.30. The van der Waals surface area contributed by atoms with E-state index in [0.717, 1.165) is 28.9 Å². The summed E-state index contributed by atoms with van der Waals surface area (Å²) in [5, 5.41) is 6.77. The average Bonchev–Trinajstić information content (AvgIpc) is 3.21. The normalized spacial score (nSPS) is 14.4. The van der Waals surface area contributed by atoms with Gasteiger partial charge in [-0.3, -0.25) is 0 Å². The molecule has 1 aromatic carbocycles. The van der Waals surface area contributed by atoms with Crippen LogP contribution in [0.15, 0.2) is 28.1 Å². The lowest BCUT2D eigenvalue weighted by molar-refractivity contribution is 0.301. The van der Waals surface area contributed by atoms with Crippen LogP contribution < -0.4 is 10.1 Å². The molecule has 0 atom stereocenters. The molecule has 0 amide bonds. The Bertz CT molecular complexity index is 610. The van der Waals surface area contributed by atoms with Crippen LogP contribution in [0.5, 0.6) is 5.75 Å². The van der Waals surface area contributed by atoms with Crippen molar-refractivity contribution >= 4 is 27.3 Å². The van der Waals surface area contributed by atoms with Crippen molar-refractivity contribution in [1.29, 1.82) is 0 Å². The number of aromatic nitrogens is 1. The molecule has 0 saturated heterocycles. The number of halogens is 1. The first-order valence-corrected chi connectivity index (χ1v) is 8.99. The third kappa shape index (κ3) is 4.28. The number of rotatable bonds is 7.